The second kappa shape index (κ2) is 27.4. The Morgan fingerprint density at radius 2 is 1.00 bits per heavy atom. The van der Waals surface area contributed by atoms with Crippen LogP contribution in [-0.2, 0) is 33.2 Å². The molecule has 0 amide bonds. The summed E-state index contributed by atoms with van der Waals surface area (Å²) in [5.41, 5.74) is 1.31. The summed E-state index contributed by atoms with van der Waals surface area (Å²) in [6.07, 6.45) is 5.79. The maximum atomic E-state index is 14.5. The number of aromatic nitrogens is 4. The van der Waals surface area contributed by atoms with Crippen molar-refractivity contribution >= 4 is 85.8 Å². The molecule has 4 heterocycles. The molecule has 30 heteroatoms. The zero-order chi connectivity index (χ0) is 64.8. The van der Waals surface area contributed by atoms with E-state index >= 15 is 0 Å². The molecular formula is C60H43Br2F7N6O13S2. The minimum atomic E-state index is -5.12. The number of sulfonamides is 1. The number of nitrogens with one attached hydrogen (secondary N) is 1. The van der Waals surface area contributed by atoms with E-state index in [-0.39, 0.29) is 60.2 Å². The van der Waals surface area contributed by atoms with Gasteiger partial charge in [-0.2, -0.15) is 17.2 Å². The van der Waals surface area contributed by atoms with Crippen LogP contribution in [0.5, 0.6) is 28.7 Å². The molecule has 466 valence electrons. The summed E-state index contributed by atoms with van der Waals surface area (Å²) >= 11 is 6.12. The molecule has 0 saturated carbocycles. The number of oxazole rings is 2. The number of methoxy groups -OCH3 is 4. The van der Waals surface area contributed by atoms with Crippen molar-refractivity contribution in [1.82, 2.24) is 19.1 Å². The fourth-order valence-electron chi connectivity index (χ4n) is 8.64. The maximum Gasteiger partial charge on any atom is 0.339 e. The molecule has 4 aromatic heterocycles. The fraction of sp³-hybridized carbons (Fsp3) is 0.100. The number of halogens is 9. The lowest BCUT2D eigenvalue weighted by Crippen LogP contribution is -2.31. The molecule has 0 aliphatic rings. The van der Waals surface area contributed by atoms with Gasteiger partial charge in [-0.05, 0) is 128 Å². The second-order valence-electron chi connectivity index (χ2n) is 18.5. The van der Waals surface area contributed by atoms with Crippen molar-refractivity contribution in [2.75, 3.05) is 38.1 Å². The quantitative estimate of drug-likeness (QED) is 0.0387. The SMILES string of the molecule is COc1cc(Br)c(F)cc1-n1c(=O)ccc2cc(S(=O)(=O)Oc3c(F)c(F)c(F)c(F)c3F)ccc21.COc1ccc(CN(c2ncco2)S(=O)(=O)c2ccc3c(ccc(=O)n3-c3cc(F)c(Br)cc3OC)c2)cc1.COc1ccc(CNc2ncco2)cc1. The van der Waals surface area contributed by atoms with E-state index in [1.807, 2.05) is 24.3 Å². The predicted octanol–water partition coefficient (Wildman–Crippen LogP) is 13.0. The van der Waals surface area contributed by atoms with Gasteiger partial charge in [0, 0.05) is 41.6 Å². The summed E-state index contributed by atoms with van der Waals surface area (Å²) in [5.74, 6) is -13.7. The molecule has 0 aliphatic carbocycles. The van der Waals surface area contributed by atoms with E-state index in [2.05, 4.69) is 51.3 Å². The Balaban J connectivity index is 0.000000174. The van der Waals surface area contributed by atoms with E-state index in [0.717, 1.165) is 50.5 Å². The fourth-order valence-corrected chi connectivity index (χ4v) is 11.6. The van der Waals surface area contributed by atoms with Crippen molar-refractivity contribution in [2.24, 2.45) is 0 Å². The van der Waals surface area contributed by atoms with E-state index in [0.29, 0.717) is 34.8 Å². The molecule has 11 rings (SSSR count). The summed E-state index contributed by atoms with van der Waals surface area (Å²) in [4.78, 5) is 32.8. The predicted molar refractivity (Wildman–Crippen MR) is 321 cm³/mol. The molecule has 90 heavy (non-hydrogen) atoms. The van der Waals surface area contributed by atoms with Gasteiger partial charge in [-0.3, -0.25) is 18.7 Å². The third kappa shape index (κ3) is 13.8. The lowest BCUT2D eigenvalue weighted by molar-refractivity contribution is 0.346. The van der Waals surface area contributed by atoms with E-state index in [4.69, 9.17) is 27.8 Å². The Labute approximate surface area is 522 Å². The highest BCUT2D eigenvalue weighted by Gasteiger charge is 2.32. The van der Waals surface area contributed by atoms with Gasteiger partial charge in [0.2, 0.25) is 34.8 Å². The van der Waals surface area contributed by atoms with Crippen LogP contribution in [0.1, 0.15) is 11.1 Å². The van der Waals surface area contributed by atoms with Crippen LogP contribution in [0.15, 0.2) is 196 Å². The van der Waals surface area contributed by atoms with Crippen molar-refractivity contribution < 1.29 is 79.5 Å². The van der Waals surface area contributed by atoms with Gasteiger partial charge in [0.1, 0.15) is 52.1 Å². The molecule has 0 atom stereocenters. The van der Waals surface area contributed by atoms with Gasteiger partial charge in [0.25, 0.3) is 27.2 Å². The molecule has 0 unspecified atom stereocenters. The van der Waals surface area contributed by atoms with Crippen molar-refractivity contribution in [1.29, 1.82) is 0 Å². The monoisotopic (exact) mass is 1410 g/mol. The van der Waals surface area contributed by atoms with Gasteiger partial charge in [0.15, 0.2) is 0 Å². The largest absolute Gasteiger partial charge is 0.497 e. The van der Waals surface area contributed by atoms with Gasteiger partial charge in [-0.15, -0.1) is 0 Å². The van der Waals surface area contributed by atoms with E-state index in [1.54, 1.807) is 44.7 Å². The minimum absolute atomic E-state index is 0.0259. The van der Waals surface area contributed by atoms with Crippen LogP contribution in [0.3, 0.4) is 0 Å². The summed E-state index contributed by atoms with van der Waals surface area (Å²) in [6, 6.07) is 32.3. The number of hydrogen-bond acceptors (Lipinski definition) is 16. The highest BCUT2D eigenvalue weighted by Crippen LogP contribution is 2.36. The number of hydrogen-bond donors (Lipinski definition) is 1. The molecule has 1 N–H and O–H groups in total. The van der Waals surface area contributed by atoms with E-state index < -0.39 is 82.6 Å². The molecule has 19 nitrogen and oxygen atoms in total. The molecule has 0 saturated heterocycles. The number of benzene rings is 7. The molecule has 11 aromatic rings. The minimum Gasteiger partial charge on any atom is -0.497 e. The van der Waals surface area contributed by atoms with Crippen LogP contribution in [-0.4, -0.2) is 64.4 Å². The van der Waals surface area contributed by atoms with Crippen LogP contribution in [0.2, 0.25) is 0 Å². The average molecular weight is 1410 g/mol. The van der Waals surface area contributed by atoms with Crippen LogP contribution in [0, 0.1) is 40.7 Å². The molecule has 0 radical (unpaired) electrons. The number of pyridine rings is 2. The lowest BCUT2D eigenvalue weighted by atomic mass is 10.2. The van der Waals surface area contributed by atoms with E-state index in [9.17, 15) is 57.2 Å². The first-order valence-corrected chi connectivity index (χ1v) is 30.1. The van der Waals surface area contributed by atoms with Crippen LogP contribution in [0.4, 0.5) is 42.8 Å². The number of fused-ring (bicyclic) bond motifs is 2. The zero-order valence-corrected chi connectivity index (χ0v) is 51.5. The summed E-state index contributed by atoms with van der Waals surface area (Å²) in [5, 5.41) is 3.55. The molecular weight excluding hydrogens is 1370 g/mol. The number of rotatable bonds is 17. The Morgan fingerprint density at radius 3 is 1.47 bits per heavy atom. The highest BCUT2D eigenvalue weighted by atomic mass is 79.9. The van der Waals surface area contributed by atoms with Gasteiger partial charge in [-0.1, -0.05) is 24.3 Å². The van der Waals surface area contributed by atoms with Crippen molar-refractivity contribution in [3.8, 4) is 40.1 Å². The van der Waals surface area contributed by atoms with Crippen LogP contribution >= 0.6 is 31.9 Å². The lowest BCUT2D eigenvalue weighted by Gasteiger charge is -2.21. The first-order chi connectivity index (χ1) is 43.0. The van der Waals surface area contributed by atoms with Crippen LogP contribution < -0.4 is 43.9 Å². The normalized spacial score (nSPS) is 11.3. The standard InChI is InChI=1S/C27H21BrFN3O6S.C22H10BrF6NO5S.C11H12N2O2/c1-36-19-6-3-17(4-7-19)16-31(27-30-11-12-38-27)39(34,35)20-8-9-23-18(13-20)5-10-26(33)32(23)24-15-22(29)21(28)14-25(24)37-2;1-34-15-7-11(23)12(24)8-14(15)30-13-4-3-10(6-9(13)2-5-16(30)31)36(32,33)35-22-20(28)18(26)17(25)19(27)21(22)29;1-14-10-4-2-9(3-5-10)8-13-11-12-6-7-15-11/h3-15H,16H2,1-2H3;2-8H,1H3;2-7H,8H2,1H3,(H,12,13). The molecule has 7 aromatic carbocycles. The molecule has 0 bridgehead atoms. The summed E-state index contributed by atoms with van der Waals surface area (Å²) < 4.78 is 189. The Hall–Kier alpha value is -9.65. The smallest absolute Gasteiger partial charge is 0.339 e. The van der Waals surface area contributed by atoms with Crippen LogP contribution in [0.25, 0.3) is 33.2 Å². The third-order valence-electron chi connectivity index (χ3n) is 13.0. The third-order valence-corrected chi connectivity index (χ3v) is 17.2. The Bertz CT molecular complexity index is 4790. The van der Waals surface area contributed by atoms with Gasteiger partial charge in [-0.25, -0.2) is 44.6 Å². The topological polar surface area (TPSA) is 226 Å². The van der Waals surface area contributed by atoms with Crippen molar-refractivity contribution in [3.63, 3.8) is 0 Å². The second-order valence-corrected chi connectivity index (χ2v) is 23.6. The van der Waals surface area contributed by atoms with Gasteiger partial charge in [0.05, 0.1) is 83.6 Å². The Morgan fingerprint density at radius 1 is 0.533 bits per heavy atom. The summed E-state index contributed by atoms with van der Waals surface area (Å²) in [7, 11) is -3.42. The maximum absolute atomic E-state index is 14.5. The number of nitrogens with zero attached hydrogens (tertiary/aromatic N) is 5. The van der Waals surface area contributed by atoms with Crippen molar-refractivity contribution in [3.05, 3.63) is 240 Å². The number of ether oxygens (including phenoxy) is 4. The van der Waals surface area contributed by atoms with E-state index in [1.165, 1.54) is 92.1 Å². The van der Waals surface area contributed by atoms with Gasteiger partial charge < -0.3 is 37.3 Å². The van der Waals surface area contributed by atoms with Crippen molar-refractivity contribution in [2.45, 2.75) is 22.9 Å². The summed E-state index contributed by atoms with van der Waals surface area (Å²) in [6.45, 7) is 0.629. The number of anilines is 2. The molecule has 0 spiro atoms. The zero-order valence-electron chi connectivity index (χ0n) is 46.7. The van der Waals surface area contributed by atoms with Gasteiger partial charge >= 0.3 is 16.1 Å². The first kappa shape index (κ1) is 64.8. The Kier molecular flexibility index (Phi) is 19.7. The molecule has 0 aliphatic heterocycles. The average Bonchev–Trinajstić information content (AvgIpc) is 0.841. The highest BCUT2D eigenvalue weighted by molar-refractivity contribution is 9.10. The first-order valence-electron chi connectivity index (χ1n) is 25.6. The molecule has 0 fully saturated rings.